The summed E-state index contributed by atoms with van der Waals surface area (Å²) in [6.45, 7) is 2.47. The molecule has 3 rings (SSSR count). The first-order chi connectivity index (χ1) is 13.1. The second-order valence-electron chi connectivity index (χ2n) is 5.48. The van der Waals surface area contributed by atoms with Gasteiger partial charge >= 0.3 is 0 Å². The highest BCUT2D eigenvalue weighted by molar-refractivity contribution is 6.36. The van der Waals surface area contributed by atoms with Crippen molar-refractivity contribution in [1.82, 2.24) is 5.43 Å². The molecule has 0 fully saturated rings. The highest BCUT2D eigenvalue weighted by Crippen LogP contribution is 2.31. The number of rotatable bonds is 6. The molecule has 0 aliphatic heterocycles. The molecular weight excluding hydrogens is 387 g/mol. The summed E-state index contributed by atoms with van der Waals surface area (Å²) in [5.41, 5.74) is 3.65. The molecule has 1 N–H and O–H groups in total. The predicted octanol–water partition coefficient (Wildman–Crippen LogP) is 5.42. The Bertz CT molecular complexity index is 966. The van der Waals surface area contributed by atoms with Crippen LogP contribution in [0.25, 0.3) is 11.3 Å². The lowest BCUT2D eigenvalue weighted by Crippen LogP contribution is -2.17. The van der Waals surface area contributed by atoms with Crippen molar-refractivity contribution in [2.75, 3.05) is 6.61 Å². The molecule has 1 heterocycles. The summed E-state index contributed by atoms with van der Waals surface area (Å²) in [6.07, 6.45) is 1.42. The van der Waals surface area contributed by atoms with Crippen LogP contribution in [0.4, 0.5) is 0 Å². The number of nitrogens with one attached hydrogen (secondary N) is 1. The molecule has 1 amide bonds. The van der Waals surface area contributed by atoms with Crippen LogP contribution in [0, 0.1) is 0 Å². The van der Waals surface area contributed by atoms with E-state index >= 15 is 0 Å². The molecule has 27 heavy (non-hydrogen) atoms. The fourth-order valence-electron chi connectivity index (χ4n) is 2.34. The Balaban J connectivity index is 1.63. The van der Waals surface area contributed by atoms with E-state index in [1.807, 2.05) is 6.92 Å². The van der Waals surface area contributed by atoms with Crippen LogP contribution >= 0.6 is 23.2 Å². The zero-order valence-electron chi connectivity index (χ0n) is 14.4. The summed E-state index contributed by atoms with van der Waals surface area (Å²) in [4.78, 5) is 12.1. The summed E-state index contributed by atoms with van der Waals surface area (Å²) < 4.78 is 11.0. The molecule has 0 saturated carbocycles. The molecule has 0 bridgehead atoms. The summed E-state index contributed by atoms with van der Waals surface area (Å²) in [5, 5.41) is 4.96. The Morgan fingerprint density at radius 1 is 1.15 bits per heavy atom. The van der Waals surface area contributed by atoms with Gasteiger partial charge < -0.3 is 9.15 Å². The number of hydrogen-bond donors (Lipinski definition) is 1. The molecule has 0 spiro atoms. The van der Waals surface area contributed by atoms with Crippen molar-refractivity contribution < 1.29 is 13.9 Å². The normalized spacial score (nSPS) is 10.9. The van der Waals surface area contributed by atoms with Crippen LogP contribution in [-0.2, 0) is 0 Å². The van der Waals surface area contributed by atoms with Crippen molar-refractivity contribution in [3.05, 3.63) is 76.0 Å². The molecule has 1 aromatic heterocycles. The second kappa shape index (κ2) is 8.75. The van der Waals surface area contributed by atoms with E-state index in [9.17, 15) is 4.79 Å². The number of hydrogen-bond acceptors (Lipinski definition) is 4. The molecule has 138 valence electrons. The molecule has 2 aromatic carbocycles. The number of benzene rings is 2. The van der Waals surface area contributed by atoms with Gasteiger partial charge in [-0.3, -0.25) is 4.79 Å². The van der Waals surface area contributed by atoms with Crippen LogP contribution < -0.4 is 10.2 Å². The van der Waals surface area contributed by atoms with E-state index in [1.165, 1.54) is 6.21 Å². The fraction of sp³-hybridized carbons (Fsp3) is 0.100. The van der Waals surface area contributed by atoms with E-state index in [4.69, 9.17) is 32.4 Å². The molecule has 0 aliphatic rings. The van der Waals surface area contributed by atoms with Crippen LogP contribution in [0.1, 0.15) is 23.0 Å². The third-order valence-electron chi connectivity index (χ3n) is 3.61. The smallest absolute Gasteiger partial charge is 0.271 e. The fourth-order valence-corrected chi connectivity index (χ4v) is 2.85. The lowest BCUT2D eigenvalue weighted by molar-refractivity contribution is 0.0955. The lowest BCUT2D eigenvalue weighted by Gasteiger charge is -2.03. The molecular formula is C20H16Cl2N2O3. The molecule has 0 atom stereocenters. The average molecular weight is 403 g/mol. The number of ether oxygens (including phenoxy) is 1. The molecule has 3 aromatic rings. The number of furan rings is 1. The van der Waals surface area contributed by atoms with Gasteiger partial charge in [0, 0.05) is 16.1 Å². The third-order valence-corrected chi connectivity index (χ3v) is 4.16. The van der Waals surface area contributed by atoms with Gasteiger partial charge in [-0.15, -0.1) is 0 Å². The first-order valence-corrected chi connectivity index (χ1v) is 8.94. The van der Waals surface area contributed by atoms with Crippen molar-refractivity contribution in [2.45, 2.75) is 6.92 Å². The minimum absolute atomic E-state index is 0.332. The van der Waals surface area contributed by atoms with Crippen molar-refractivity contribution in [3.63, 3.8) is 0 Å². The number of halogens is 2. The Kier molecular flexibility index (Phi) is 6.16. The van der Waals surface area contributed by atoms with Gasteiger partial charge in [-0.2, -0.15) is 5.10 Å². The lowest BCUT2D eigenvalue weighted by atomic mass is 10.2. The molecule has 7 heteroatoms. The summed E-state index contributed by atoms with van der Waals surface area (Å²) in [5.74, 6) is 1.43. The topological polar surface area (TPSA) is 63.8 Å². The van der Waals surface area contributed by atoms with Gasteiger partial charge in [-0.1, -0.05) is 23.2 Å². The van der Waals surface area contributed by atoms with Gasteiger partial charge in [-0.25, -0.2) is 5.43 Å². The van der Waals surface area contributed by atoms with Gasteiger partial charge in [0.05, 0.1) is 17.8 Å². The SMILES string of the molecule is CCOc1ccc(C(=O)N/N=C\c2ccc(-c3ccc(Cl)cc3Cl)o2)cc1. The highest BCUT2D eigenvalue weighted by atomic mass is 35.5. The number of nitrogens with zero attached hydrogens (tertiary/aromatic N) is 1. The van der Waals surface area contributed by atoms with E-state index in [0.717, 1.165) is 5.56 Å². The Labute approximate surface area is 166 Å². The van der Waals surface area contributed by atoms with Crippen molar-refractivity contribution in [1.29, 1.82) is 0 Å². The standard InChI is InChI=1S/C20H16Cl2N2O3/c1-2-26-15-6-3-13(4-7-15)20(25)24-23-12-16-8-10-19(27-16)17-9-5-14(21)11-18(17)22/h3-12H,2H2,1H3,(H,24,25)/b23-12-. The van der Waals surface area contributed by atoms with E-state index in [-0.39, 0.29) is 5.91 Å². The van der Waals surface area contributed by atoms with Crippen LogP contribution in [0.5, 0.6) is 5.75 Å². The molecule has 0 unspecified atom stereocenters. The zero-order chi connectivity index (χ0) is 19.2. The first kappa shape index (κ1) is 19.0. The molecule has 5 nitrogen and oxygen atoms in total. The second-order valence-corrected chi connectivity index (χ2v) is 6.33. The van der Waals surface area contributed by atoms with Gasteiger partial charge in [-0.05, 0) is 61.5 Å². The maximum atomic E-state index is 12.1. The van der Waals surface area contributed by atoms with E-state index in [2.05, 4.69) is 10.5 Å². The van der Waals surface area contributed by atoms with E-state index in [0.29, 0.717) is 39.5 Å². The van der Waals surface area contributed by atoms with Gasteiger partial charge in [0.2, 0.25) is 0 Å². The van der Waals surface area contributed by atoms with Crippen LogP contribution in [0.15, 0.2) is 64.1 Å². The average Bonchev–Trinajstić information content (AvgIpc) is 3.11. The van der Waals surface area contributed by atoms with Crippen LogP contribution in [0.3, 0.4) is 0 Å². The van der Waals surface area contributed by atoms with Crippen molar-refractivity contribution in [3.8, 4) is 17.1 Å². The minimum Gasteiger partial charge on any atom is -0.494 e. The Hall–Kier alpha value is -2.76. The molecule has 0 saturated heterocycles. The van der Waals surface area contributed by atoms with Crippen molar-refractivity contribution >= 4 is 35.3 Å². The number of hydrazone groups is 1. The van der Waals surface area contributed by atoms with Gasteiger partial charge in [0.25, 0.3) is 5.91 Å². The maximum absolute atomic E-state index is 12.1. The van der Waals surface area contributed by atoms with Crippen molar-refractivity contribution in [2.24, 2.45) is 5.10 Å². The Morgan fingerprint density at radius 3 is 2.63 bits per heavy atom. The number of carbonyl (C=O) groups is 1. The van der Waals surface area contributed by atoms with E-state index in [1.54, 1.807) is 54.6 Å². The minimum atomic E-state index is -0.332. The third kappa shape index (κ3) is 4.90. The largest absolute Gasteiger partial charge is 0.494 e. The predicted molar refractivity (Wildman–Crippen MR) is 107 cm³/mol. The molecule has 0 aliphatic carbocycles. The summed E-state index contributed by atoms with van der Waals surface area (Å²) in [7, 11) is 0. The van der Waals surface area contributed by atoms with Gasteiger partial charge in [0.1, 0.15) is 17.3 Å². The van der Waals surface area contributed by atoms with Crippen LogP contribution in [-0.4, -0.2) is 18.7 Å². The number of amides is 1. The summed E-state index contributed by atoms with van der Waals surface area (Å²) >= 11 is 12.1. The number of carbonyl (C=O) groups excluding carboxylic acids is 1. The first-order valence-electron chi connectivity index (χ1n) is 8.18. The summed E-state index contributed by atoms with van der Waals surface area (Å²) in [6, 6.07) is 15.5. The Morgan fingerprint density at radius 2 is 1.93 bits per heavy atom. The van der Waals surface area contributed by atoms with Crippen LogP contribution in [0.2, 0.25) is 10.0 Å². The van der Waals surface area contributed by atoms with E-state index < -0.39 is 0 Å². The highest BCUT2D eigenvalue weighted by Gasteiger charge is 2.09. The maximum Gasteiger partial charge on any atom is 0.271 e. The monoisotopic (exact) mass is 402 g/mol. The molecule has 0 radical (unpaired) electrons. The quantitative estimate of drug-likeness (QED) is 0.442. The van der Waals surface area contributed by atoms with Gasteiger partial charge in [0.15, 0.2) is 0 Å². The zero-order valence-corrected chi connectivity index (χ0v) is 15.9.